The molecular formula is C19H16ClNO3S2. The van der Waals surface area contributed by atoms with Gasteiger partial charge in [-0.2, -0.15) is 0 Å². The monoisotopic (exact) mass is 405 g/mol. The van der Waals surface area contributed by atoms with Gasteiger partial charge < -0.3 is 14.9 Å². The number of carbonyl (C=O) groups is 1. The number of halogens is 1. The van der Waals surface area contributed by atoms with Crippen molar-refractivity contribution >= 4 is 57.7 Å². The highest BCUT2D eigenvalue weighted by Crippen LogP contribution is 2.42. The van der Waals surface area contributed by atoms with Crippen molar-refractivity contribution in [3.05, 3.63) is 59.6 Å². The zero-order valence-electron chi connectivity index (χ0n) is 13.8. The van der Waals surface area contributed by atoms with Crippen molar-refractivity contribution in [1.82, 2.24) is 0 Å². The molecule has 0 aromatic heterocycles. The van der Waals surface area contributed by atoms with E-state index in [2.05, 4.69) is 4.72 Å². The van der Waals surface area contributed by atoms with E-state index >= 15 is 0 Å². The molecule has 1 atom stereocenters. The summed E-state index contributed by atoms with van der Waals surface area (Å²) in [7, 11) is 0. The first-order chi connectivity index (χ1) is 12.5. The molecule has 4 nitrogen and oxygen atoms in total. The number of phenolic OH excluding ortho intramolecular Hbond substituents is 1. The Hall–Kier alpha value is -2.02. The summed E-state index contributed by atoms with van der Waals surface area (Å²) in [5.74, 6) is -0.826. The number of thioether (sulfide) groups is 1. The van der Waals surface area contributed by atoms with Crippen molar-refractivity contribution in [3.8, 4) is 5.75 Å². The van der Waals surface area contributed by atoms with Gasteiger partial charge in [0.05, 0.1) is 10.6 Å². The number of hydrogen-bond acceptors (Lipinski definition) is 5. The number of anilines is 1. The zero-order valence-corrected chi connectivity index (χ0v) is 16.2. The fourth-order valence-corrected chi connectivity index (χ4v) is 4.05. The summed E-state index contributed by atoms with van der Waals surface area (Å²) in [5, 5.41) is 21.3. The van der Waals surface area contributed by atoms with Crippen LogP contribution in [0.4, 0.5) is 5.69 Å². The number of fused-ring (bicyclic) bond motifs is 1. The van der Waals surface area contributed by atoms with Crippen LogP contribution in [0, 0.1) is 0 Å². The quantitative estimate of drug-likeness (QED) is 0.270. The van der Waals surface area contributed by atoms with E-state index in [-0.39, 0.29) is 5.75 Å². The topological polar surface area (TPSA) is 69.6 Å². The summed E-state index contributed by atoms with van der Waals surface area (Å²) in [4.78, 5) is 12.7. The Morgan fingerprint density at radius 1 is 1.12 bits per heavy atom. The van der Waals surface area contributed by atoms with Crippen LogP contribution in [0.15, 0.2) is 64.4 Å². The average molecular weight is 406 g/mol. The summed E-state index contributed by atoms with van der Waals surface area (Å²) in [6.07, 6.45) is 0. The van der Waals surface area contributed by atoms with E-state index in [0.717, 1.165) is 27.7 Å². The Morgan fingerprint density at radius 3 is 2.42 bits per heavy atom. The number of nitrogens with one attached hydrogen (secondary N) is 1. The maximum absolute atomic E-state index is 11.2. The van der Waals surface area contributed by atoms with Gasteiger partial charge in [0.25, 0.3) is 0 Å². The van der Waals surface area contributed by atoms with Gasteiger partial charge in [-0.1, -0.05) is 35.9 Å². The van der Waals surface area contributed by atoms with Gasteiger partial charge in [0.15, 0.2) is 0 Å². The van der Waals surface area contributed by atoms with E-state index in [1.807, 2.05) is 48.5 Å². The molecular weight excluding hydrogens is 390 g/mol. The fraction of sp³-hybridized carbons (Fsp3) is 0.105. The normalized spacial score (nSPS) is 12.1. The van der Waals surface area contributed by atoms with Gasteiger partial charge in [0, 0.05) is 20.7 Å². The zero-order chi connectivity index (χ0) is 18.7. The molecule has 3 N–H and O–H groups in total. The van der Waals surface area contributed by atoms with Gasteiger partial charge in [0.1, 0.15) is 11.0 Å². The largest absolute Gasteiger partial charge is 0.506 e. The van der Waals surface area contributed by atoms with Crippen LogP contribution in [0.3, 0.4) is 0 Å². The lowest BCUT2D eigenvalue weighted by molar-refractivity contribution is -0.136. The molecule has 0 heterocycles. The number of carboxylic acid groups (broad SMARTS) is 1. The van der Waals surface area contributed by atoms with Crippen LogP contribution in [0.5, 0.6) is 5.75 Å². The Morgan fingerprint density at radius 2 is 1.77 bits per heavy atom. The van der Waals surface area contributed by atoms with Gasteiger partial charge in [-0.3, -0.25) is 4.79 Å². The molecule has 3 aromatic carbocycles. The Balaban J connectivity index is 1.95. The van der Waals surface area contributed by atoms with Gasteiger partial charge >= 0.3 is 5.97 Å². The second-order valence-electron chi connectivity index (χ2n) is 5.57. The first-order valence-corrected chi connectivity index (χ1v) is 9.85. The number of aromatic hydroxyl groups is 1. The fourth-order valence-electron chi connectivity index (χ4n) is 2.37. The lowest BCUT2D eigenvalue weighted by atomic mass is 10.1. The molecule has 0 saturated carbocycles. The van der Waals surface area contributed by atoms with E-state index in [9.17, 15) is 9.90 Å². The van der Waals surface area contributed by atoms with Crippen molar-refractivity contribution in [2.24, 2.45) is 0 Å². The summed E-state index contributed by atoms with van der Waals surface area (Å²) in [6, 6.07) is 16.7. The third kappa shape index (κ3) is 4.20. The number of aliphatic carboxylic acids is 1. The van der Waals surface area contributed by atoms with Crippen LogP contribution in [0.25, 0.3) is 10.8 Å². The molecule has 0 aliphatic heterocycles. The summed E-state index contributed by atoms with van der Waals surface area (Å²) in [5.41, 5.74) is 0.804. The van der Waals surface area contributed by atoms with E-state index in [4.69, 9.17) is 16.7 Å². The molecule has 26 heavy (non-hydrogen) atoms. The van der Waals surface area contributed by atoms with Crippen LogP contribution in [0.1, 0.15) is 6.92 Å². The number of phenols is 1. The first kappa shape index (κ1) is 18.8. The first-order valence-electron chi connectivity index (χ1n) is 7.78. The van der Waals surface area contributed by atoms with Gasteiger partial charge in [-0.25, -0.2) is 0 Å². The standard InChI is InChI=1S/C19H16ClNO3S2/c1-11(19(23)24)25-17-10-16(14-4-2-3-5-15(14)18(17)22)21-26-13-8-6-12(20)7-9-13/h2-11,21-22H,1H3,(H,23,24). The molecule has 0 spiro atoms. The molecule has 0 saturated heterocycles. The van der Waals surface area contributed by atoms with Gasteiger partial charge in [-0.05, 0) is 49.2 Å². The second kappa shape index (κ2) is 8.12. The molecule has 0 bridgehead atoms. The molecule has 7 heteroatoms. The van der Waals surface area contributed by atoms with Crippen LogP contribution in [0.2, 0.25) is 5.02 Å². The van der Waals surface area contributed by atoms with Gasteiger partial charge in [0.2, 0.25) is 0 Å². The predicted octanol–water partition coefficient (Wildman–Crippen LogP) is 5.88. The lowest BCUT2D eigenvalue weighted by Gasteiger charge is -2.15. The summed E-state index contributed by atoms with van der Waals surface area (Å²) in [6.45, 7) is 1.59. The molecule has 0 amide bonds. The molecule has 3 rings (SSSR count). The summed E-state index contributed by atoms with van der Waals surface area (Å²) < 4.78 is 3.30. The molecule has 0 aliphatic carbocycles. The van der Waals surface area contributed by atoms with Crippen molar-refractivity contribution in [3.63, 3.8) is 0 Å². The Kier molecular flexibility index (Phi) is 5.86. The van der Waals surface area contributed by atoms with Crippen molar-refractivity contribution in [2.45, 2.75) is 22.0 Å². The number of carboxylic acids is 1. The van der Waals surface area contributed by atoms with Crippen LogP contribution in [-0.2, 0) is 4.79 Å². The minimum absolute atomic E-state index is 0.0979. The number of hydrogen-bond donors (Lipinski definition) is 3. The SMILES string of the molecule is CC(Sc1cc(NSc2ccc(Cl)cc2)c2ccccc2c1O)C(=O)O. The Labute approximate surface area is 164 Å². The predicted molar refractivity (Wildman–Crippen MR) is 109 cm³/mol. The number of rotatable bonds is 6. The number of benzene rings is 3. The average Bonchev–Trinajstić information content (AvgIpc) is 2.64. The van der Waals surface area contributed by atoms with Crippen molar-refractivity contribution in [2.75, 3.05) is 4.72 Å². The molecule has 1 unspecified atom stereocenters. The van der Waals surface area contributed by atoms with E-state index in [1.165, 1.54) is 11.9 Å². The molecule has 0 radical (unpaired) electrons. The molecule has 0 fully saturated rings. The minimum atomic E-state index is -0.924. The smallest absolute Gasteiger partial charge is 0.316 e. The molecule has 134 valence electrons. The van der Waals surface area contributed by atoms with Crippen molar-refractivity contribution < 1.29 is 15.0 Å². The third-order valence-corrected chi connectivity index (χ3v) is 5.93. The second-order valence-corrected chi connectivity index (χ2v) is 8.27. The highest BCUT2D eigenvalue weighted by Gasteiger charge is 2.18. The van der Waals surface area contributed by atoms with Crippen LogP contribution < -0.4 is 4.72 Å². The van der Waals surface area contributed by atoms with Gasteiger partial charge in [-0.15, -0.1) is 11.8 Å². The highest BCUT2D eigenvalue weighted by molar-refractivity contribution is 8.01. The molecule has 0 aliphatic rings. The Bertz CT molecular complexity index is 947. The lowest BCUT2D eigenvalue weighted by Crippen LogP contribution is -2.11. The van der Waals surface area contributed by atoms with E-state index < -0.39 is 11.2 Å². The van der Waals surface area contributed by atoms with Crippen LogP contribution >= 0.6 is 35.3 Å². The van der Waals surface area contributed by atoms with Crippen molar-refractivity contribution in [1.29, 1.82) is 0 Å². The minimum Gasteiger partial charge on any atom is -0.506 e. The third-order valence-electron chi connectivity index (χ3n) is 3.73. The van der Waals surface area contributed by atoms with E-state index in [1.54, 1.807) is 13.0 Å². The van der Waals surface area contributed by atoms with Crippen LogP contribution in [-0.4, -0.2) is 21.4 Å². The van der Waals surface area contributed by atoms with E-state index in [0.29, 0.717) is 15.3 Å². The highest BCUT2D eigenvalue weighted by atomic mass is 35.5. The molecule has 3 aromatic rings. The summed E-state index contributed by atoms with van der Waals surface area (Å²) >= 11 is 8.45. The maximum atomic E-state index is 11.2. The maximum Gasteiger partial charge on any atom is 0.316 e.